The smallest absolute Gasteiger partial charge is 0.353 e. The molecule has 0 radical (unpaired) electrons. The number of rotatable bonds is 30. The molecule has 4 atom stereocenters. The molecule has 4 unspecified atom stereocenters. The molecule has 0 spiro atoms. The number of nitrogens with zero attached hydrogens (tertiary/aromatic N) is 10. The average Bonchev–Trinajstić information content (AvgIpc) is 1.55. The van der Waals surface area contributed by atoms with Crippen LogP contribution in [0.2, 0.25) is 0 Å². The number of benzene rings is 10. The van der Waals surface area contributed by atoms with Crippen molar-refractivity contribution in [2.75, 3.05) is 49.5 Å². The fourth-order valence-electron chi connectivity index (χ4n) is 16.6. The zero-order valence-electron chi connectivity index (χ0n) is 72.0. The summed E-state index contributed by atoms with van der Waals surface area (Å²) in [6.07, 6.45) is 4.46. The van der Waals surface area contributed by atoms with Crippen LogP contribution in [-0.2, 0) is 45.6 Å². The van der Waals surface area contributed by atoms with E-state index in [1.54, 1.807) is 163 Å². The molecule has 1 saturated carbocycles. The second kappa shape index (κ2) is 40.5. The van der Waals surface area contributed by atoms with Crippen molar-refractivity contribution in [1.29, 1.82) is 0 Å². The molecule has 10 aromatic carbocycles. The molecular weight excluding hydrogens is 1800 g/mol. The molecule has 0 bridgehead atoms. The zero-order valence-corrected chi connectivity index (χ0v) is 76.1. The number of aromatic carboxylic acids is 1. The highest BCUT2D eigenvalue weighted by molar-refractivity contribution is 7.13. The predicted octanol–water partition coefficient (Wildman–Crippen LogP) is 18.7. The first-order valence-corrected chi connectivity index (χ1v) is 45.1. The Labute approximate surface area is 778 Å². The third-order valence-electron chi connectivity index (χ3n) is 23.0. The molecule has 133 heavy (non-hydrogen) atoms. The SMILES string of the molecule is COc1ccc(-c2c(C(=O)O)n(Cc3ccc4nsnc4c3)c3c4ccccc4n(C)c23)cc1.COc1ccc(C(=O)/C(Cc2cc(OC)c(OC3CCCC3)c(OC)c2)=C(\C(=O)O)c2ccc3nsnc3c2)cc1.COc1ccc(C(=O)C(Cc2ccc(OC)s2)C(C(=O)O)c2ccc3nsnc3c2)cc1.O=C(O)C(c1ccc2c(c1)OCO2)C(C(=O)O)c1ccc2nsnc2c1. The van der Waals surface area contributed by atoms with E-state index in [1.807, 2.05) is 84.4 Å². The third-order valence-corrected chi connectivity index (χ3v) is 26.3. The van der Waals surface area contributed by atoms with Gasteiger partial charge in [0, 0.05) is 58.5 Å². The number of para-hydroxylation sites is 1. The summed E-state index contributed by atoms with van der Waals surface area (Å²) in [5.41, 5.74) is 13.9. The van der Waals surface area contributed by atoms with Crippen LogP contribution in [0.3, 0.4) is 0 Å². The summed E-state index contributed by atoms with van der Waals surface area (Å²) in [5.74, 6) is -6.66. The summed E-state index contributed by atoms with van der Waals surface area (Å²) in [6, 6.07) is 61.6. The van der Waals surface area contributed by atoms with Crippen molar-refractivity contribution in [2.24, 2.45) is 13.0 Å². The quantitative estimate of drug-likeness (QED) is 0.0206. The summed E-state index contributed by atoms with van der Waals surface area (Å²) in [7, 11) is 11.3. The lowest BCUT2D eigenvalue weighted by atomic mass is 9.79. The lowest BCUT2D eigenvalue weighted by Crippen LogP contribution is -2.30. The van der Waals surface area contributed by atoms with Crippen LogP contribution >= 0.6 is 58.2 Å². The van der Waals surface area contributed by atoms with Gasteiger partial charge in [-0.3, -0.25) is 24.0 Å². The number of aliphatic carboxylic acids is 4. The van der Waals surface area contributed by atoms with Gasteiger partial charge in [0.05, 0.1) is 136 Å². The summed E-state index contributed by atoms with van der Waals surface area (Å²) >= 11 is 5.69. The van der Waals surface area contributed by atoms with Gasteiger partial charge in [-0.15, -0.1) is 11.3 Å². The number of hydrogen-bond acceptors (Lipinski definition) is 29. The number of carboxylic acid groups (broad SMARTS) is 5. The van der Waals surface area contributed by atoms with E-state index in [4.69, 9.17) is 42.6 Å². The number of ether oxygens (including phenoxy) is 9. The topological polar surface area (TPSA) is 417 Å². The number of hydrogen-bond donors (Lipinski definition) is 5. The van der Waals surface area contributed by atoms with Gasteiger partial charge in [-0.2, -0.15) is 35.0 Å². The second-order valence-corrected chi connectivity index (χ2v) is 34.1. The Bertz CT molecular complexity index is 7250. The molecule has 0 saturated heterocycles. The molecular formula is C97H82N10O21S5. The van der Waals surface area contributed by atoms with Gasteiger partial charge in [-0.1, -0.05) is 60.7 Å². The van der Waals surface area contributed by atoms with Gasteiger partial charge in [0.15, 0.2) is 39.6 Å². The molecule has 31 nitrogen and oxygen atoms in total. The Kier molecular flexibility index (Phi) is 27.8. The minimum Gasteiger partial charge on any atom is -0.497 e. The number of aromatic nitrogens is 10. The van der Waals surface area contributed by atoms with Gasteiger partial charge in [0.1, 0.15) is 67.1 Å². The largest absolute Gasteiger partial charge is 0.497 e. The Balaban J connectivity index is 0.000000131. The maximum Gasteiger partial charge on any atom is 0.353 e. The van der Waals surface area contributed by atoms with Crippen LogP contribution in [0.5, 0.6) is 51.1 Å². The zero-order chi connectivity index (χ0) is 93.3. The van der Waals surface area contributed by atoms with Gasteiger partial charge >= 0.3 is 29.8 Å². The molecule has 676 valence electrons. The van der Waals surface area contributed by atoms with Crippen molar-refractivity contribution in [2.45, 2.75) is 68.9 Å². The number of allylic oxidation sites excluding steroid dienone is 1. The number of fused-ring (bicyclic) bond motifs is 8. The molecule has 8 heterocycles. The number of ketones is 2. The van der Waals surface area contributed by atoms with Crippen LogP contribution in [0.1, 0.15) is 113 Å². The summed E-state index contributed by atoms with van der Waals surface area (Å²) in [6.45, 7) is 0.447. The highest BCUT2D eigenvalue weighted by Crippen LogP contribution is 2.47. The molecule has 5 N–H and O–H groups in total. The number of thiophene rings is 1. The fraction of sp³-hybridized carbons (Fsp3) is 0.206. The van der Waals surface area contributed by atoms with E-state index >= 15 is 0 Å². The Hall–Kier alpha value is -15.1. The monoisotopic (exact) mass is 1880 g/mol. The van der Waals surface area contributed by atoms with Gasteiger partial charge in [-0.25, -0.2) is 9.59 Å². The molecule has 1 fully saturated rings. The van der Waals surface area contributed by atoms with E-state index in [2.05, 4.69) is 45.6 Å². The first kappa shape index (κ1) is 91.2. The van der Waals surface area contributed by atoms with E-state index in [9.17, 15) is 59.1 Å². The lowest BCUT2D eigenvalue weighted by Gasteiger charge is -2.23. The standard InChI is InChI=1S/C31H30N2O7S.C26H20N4O3S.C23H20N2O5S2.C17H12N2O6S/c1-37-21-11-8-19(9-12-21)29(34)23(28(31(35)36)20-10-13-24-25(17-20)33-41-32-24)14-18-15-26(38-2)30(27(16-18)39-3)40-22-6-4-5-7-22;1-29-21-6-4-3-5-18(21)23-24(29)22(16-8-10-17(33-2)11-9-16)25(26(31)32)30(23)14-15-7-12-19-20(13-15)28-34-27-19;1-29-15-6-3-13(4-7-15)22(26)17(12-16-8-10-20(30-2)31-16)21(23(27)28)14-5-9-18-19(11-14)25-32-24-18;20-16(21)14(8-1-3-10-11(5-8)19-26-18-10)15(17(22)23)9-2-4-12-13(6-9)25-7-24-12/h8-13,15-17,22H,4-7,14H2,1-3H3,(H,35,36);3-13H,14H2,1-2H3,(H,31,32);3-11,17,21H,12H2,1-2H3,(H,27,28);1-6,14-15H,7H2,(H,20,21)(H,22,23)/b28-23-;;;. The third kappa shape index (κ3) is 19.6. The Morgan fingerprint density at radius 3 is 1.50 bits per heavy atom. The van der Waals surface area contributed by atoms with Gasteiger partial charge < -0.3 is 77.3 Å². The Morgan fingerprint density at radius 1 is 0.466 bits per heavy atom. The number of carboxylic acids is 5. The molecule has 1 aliphatic heterocycles. The van der Waals surface area contributed by atoms with Crippen molar-refractivity contribution >= 4 is 171 Å². The van der Waals surface area contributed by atoms with E-state index in [-0.39, 0.29) is 48.4 Å². The number of carbonyl (C=O) groups excluding carboxylic acids is 2. The van der Waals surface area contributed by atoms with E-state index in [1.165, 1.54) is 36.2 Å². The highest BCUT2D eigenvalue weighted by Gasteiger charge is 2.40. The molecule has 7 aromatic heterocycles. The van der Waals surface area contributed by atoms with Crippen LogP contribution < -0.4 is 42.6 Å². The second-order valence-electron chi connectivity index (χ2n) is 30.8. The number of carbonyl (C=O) groups is 7. The normalized spacial score (nSPS) is 13.3. The first-order valence-electron chi connectivity index (χ1n) is 41.3. The van der Waals surface area contributed by atoms with Crippen LogP contribution in [0.25, 0.3) is 82.8 Å². The van der Waals surface area contributed by atoms with Crippen molar-refractivity contribution in [3.8, 4) is 62.2 Å². The van der Waals surface area contributed by atoms with Crippen LogP contribution in [0.15, 0.2) is 218 Å². The van der Waals surface area contributed by atoms with Crippen molar-refractivity contribution in [1.82, 2.24) is 44.1 Å². The maximum absolute atomic E-state index is 14.0. The van der Waals surface area contributed by atoms with Crippen molar-refractivity contribution in [3.05, 3.63) is 273 Å². The van der Waals surface area contributed by atoms with Crippen LogP contribution in [0, 0.1) is 5.92 Å². The number of Topliss-reactive ketones (excluding diaryl/α,β-unsaturated/α-hetero) is 2. The van der Waals surface area contributed by atoms with Gasteiger partial charge in [0.25, 0.3) is 0 Å². The fourth-order valence-corrected chi connectivity index (χ4v) is 19.6. The van der Waals surface area contributed by atoms with Crippen molar-refractivity contribution < 1.29 is 102 Å². The Morgan fingerprint density at radius 2 is 0.962 bits per heavy atom. The summed E-state index contributed by atoms with van der Waals surface area (Å²) in [4.78, 5) is 90.5. The molecule has 17 aromatic rings. The van der Waals surface area contributed by atoms with Crippen molar-refractivity contribution in [3.63, 3.8) is 0 Å². The van der Waals surface area contributed by atoms with Crippen LogP contribution in [0.4, 0.5) is 0 Å². The van der Waals surface area contributed by atoms with Gasteiger partial charge in [0.2, 0.25) is 12.5 Å². The molecule has 36 heteroatoms. The first-order chi connectivity index (χ1) is 64.5. The molecule has 1 aliphatic carbocycles. The van der Waals surface area contributed by atoms with E-state index in [0.717, 1.165) is 116 Å². The summed E-state index contributed by atoms with van der Waals surface area (Å²) < 4.78 is 86.8. The molecule has 19 rings (SSSR count). The highest BCUT2D eigenvalue weighted by atomic mass is 32.1. The minimum atomic E-state index is -1.30. The predicted molar refractivity (Wildman–Crippen MR) is 503 cm³/mol. The molecule has 2 aliphatic rings. The minimum absolute atomic E-state index is 0.00369. The van der Waals surface area contributed by atoms with E-state index in [0.29, 0.717) is 129 Å². The number of methoxy groups -OCH3 is 6. The lowest BCUT2D eigenvalue weighted by molar-refractivity contribution is -0.147. The molecule has 0 amide bonds. The summed E-state index contributed by atoms with van der Waals surface area (Å²) in [5, 5.41) is 52.3. The number of aryl methyl sites for hydroxylation is 1. The van der Waals surface area contributed by atoms with E-state index < -0.39 is 59.3 Å². The van der Waals surface area contributed by atoms with Crippen LogP contribution in [-0.4, -0.2) is 167 Å². The average molecular weight is 1880 g/mol. The van der Waals surface area contributed by atoms with Gasteiger partial charge in [-0.05, 0) is 223 Å². The maximum atomic E-state index is 14.0.